The highest BCUT2D eigenvalue weighted by Crippen LogP contribution is 2.17. The third kappa shape index (κ3) is 62.9. The van der Waals surface area contributed by atoms with Gasteiger partial charge in [-0.3, -0.25) is 9.59 Å². The number of rotatable bonds is 64. The van der Waals surface area contributed by atoms with Crippen LogP contribution in [-0.2, 0) is 14.3 Å². The zero-order valence-corrected chi connectivity index (χ0v) is 51.7. The van der Waals surface area contributed by atoms with E-state index in [1.54, 1.807) is 6.08 Å². The van der Waals surface area contributed by atoms with Crippen LogP contribution in [0.15, 0.2) is 48.6 Å². The summed E-state index contributed by atoms with van der Waals surface area (Å²) in [5, 5.41) is 23.1. The summed E-state index contributed by atoms with van der Waals surface area (Å²) in [5.41, 5.74) is 0. The minimum Gasteiger partial charge on any atom is -0.466 e. The normalized spacial score (nSPS) is 12.8. The van der Waals surface area contributed by atoms with Crippen molar-refractivity contribution in [2.75, 3.05) is 13.2 Å². The van der Waals surface area contributed by atoms with Gasteiger partial charge in [0.2, 0.25) is 5.91 Å². The molecule has 0 fully saturated rings. The highest BCUT2D eigenvalue weighted by atomic mass is 16.5. The van der Waals surface area contributed by atoms with Crippen molar-refractivity contribution >= 4 is 11.9 Å². The molecule has 6 nitrogen and oxygen atoms in total. The number of unbranched alkanes of at least 4 members (excludes halogenated alkanes) is 47. The molecule has 1 amide bonds. The number of aliphatic hydroxyl groups excluding tert-OH is 2. The summed E-state index contributed by atoms with van der Waals surface area (Å²) in [6.45, 7) is 4.91. The maximum Gasteiger partial charge on any atom is 0.305 e. The number of amides is 1. The lowest BCUT2D eigenvalue weighted by Gasteiger charge is -2.20. The lowest BCUT2D eigenvalue weighted by molar-refractivity contribution is -0.143. The molecule has 0 aromatic heterocycles. The van der Waals surface area contributed by atoms with Crippen LogP contribution in [0, 0.1) is 0 Å². The van der Waals surface area contributed by atoms with Gasteiger partial charge in [-0.1, -0.05) is 313 Å². The molecule has 0 bridgehead atoms. The topological polar surface area (TPSA) is 95.9 Å². The summed E-state index contributed by atoms with van der Waals surface area (Å²) in [6, 6.07) is -0.629. The number of carbonyl (C=O) groups is 2. The van der Waals surface area contributed by atoms with Gasteiger partial charge >= 0.3 is 5.97 Å². The monoisotopic (exact) mass is 1080 g/mol. The Balaban J connectivity index is 3.40. The Morgan fingerprint density at radius 2 is 0.649 bits per heavy atom. The first-order valence-electron chi connectivity index (χ1n) is 34.4. The van der Waals surface area contributed by atoms with E-state index in [2.05, 4.69) is 55.6 Å². The van der Waals surface area contributed by atoms with E-state index in [1.165, 1.54) is 289 Å². The maximum atomic E-state index is 12.5. The number of esters is 1. The largest absolute Gasteiger partial charge is 0.466 e. The van der Waals surface area contributed by atoms with Crippen LogP contribution in [0.4, 0.5) is 0 Å². The van der Waals surface area contributed by atoms with E-state index in [9.17, 15) is 19.8 Å². The van der Waals surface area contributed by atoms with Crippen molar-refractivity contribution in [1.82, 2.24) is 5.32 Å². The Morgan fingerprint density at radius 3 is 1.00 bits per heavy atom. The molecule has 0 aliphatic rings. The Morgan fingerprint density at radius 1 is 0.364 bits per heavy atom. The van der Waals surface area contributed by atoms with E-state index in [4.69, 9.17) is 4.74 Å². The van der Waals surface area contributed by atoms with Crippen molar-refractivity contribution < 1.29 is 24.5 Å². The summed E-state index contributed by atoms with van der Waals surface area (Å²) in [5.74, 6) is -0.0598. The molecule has 0 aliphatic heterocycles. The smallest absolute Gasteiger partial charge is 0.305 e. The summed E-state index contributed by atoms with van der Waals surface area (Å²) in [7, 11) is 0. The van der Waals surface area contributed by atoms with E-state index in [1.807, 2.05) is 6.08 Å². The number of hydrogen-bond donors (Lipinski definition) is 3. The molecule has 3 N–H and O–H groups in total. The lowest BCUT2D eigenvalue weighted by Crippen LogP contribution is -2.45. The third-order valence-corrected chi connectivity index (χ3v) is 15.8. The van der Waals surface area contributed by atoms with E-state index in [0.717, 1.165) is 51.4 Å². The number of allylic oxidation sites excluding steroid dienone is 7. The Labute approximate surface area is 480 Å². The molecular weight excluding hydrogens is 947 g/mol. The fourth-order valence-electron chi connectivity index (χ4n) is 10.5. The van der Waals surface area contributed by atoms with Crippen LogP contribution < -0.4 is 5.32 Å². The molecule has 2 unspecified atom stereocenters. The average Bonchev–Trinajstić information content (AvgIpc) is 3.43. The minimum atomic E-state index is -0.845. The highest BCUT2D eigenvalue weighted by Gasteiger charge is 2.18. The van der Waals surface area contributed by atoms with Crippen molar-refractivity contribution in [2.24, 2.45) is 0 Å². The lowest BCUT2D eigenvalue weighted by atomic mass is 10.0. The second-order valence-electron chi connectivity index (χ2n) is 23.5. The second-order valence-corrected chi connectivity index (χ2v) is 23.5. The molecule has 6 heteroatoms. The molecule has 0 aromatic rings. The molecule has 0 heterocycles. The zero-order valence-electron chi connectivity index (χ0n) is 51.7. The van der Waals surface area contributed by atoms with Gasteiger partial charge in [0.1, 0.15) is 0 Å². The maximum absolute atomic E-state index is 12.5. The predicted molar refractivity (Wildman–Crippen MR) is 338 cm³/mol. The first-order chi connectivity index (χ1) is 38.0. The number of aliphatic hydroxyl groups is 2. The molecule has 77 heavy (non-hydrogen) atoms. The van der Waals surface area contributed by atoms with Gasteiger partial charge in [-0.2, -0.15) is 0 Å². The van der Waals surface area contributed by atoms with Crippen molar-refractivity contribution in [3.63, 3.8) is 0 Å². The molecule has 0 radical (unpaired) electrons. The van der Waals surface area contributed by atoms with Gasteiger partial charge in [0.15, 0.2) is 0 Å². The number of nitrogens with one attached hydrogen (secondary N) is 1. The van der Waals surface area contributed by atoms with E-state index in [-0.39, 0.29) is 18.5 Å². The molecule has 0 saturated carbocycles. The summed E-state index contributed by atoms with van der Waals surface area (Å²) < 4.78 is 5.50. The molecule has 0 saturated heterocycles. The highest BCUT2D eigenvalue weighted by molar-refractivity contribution is 5.76. The number of hydrogen-bond acceptors (Lipinski definition) is 5. The summed E-state index contributed by atoms with van der Waals surface area (Å²) >= 11 is 0. The molecular formula is C71H133NO5. The van der Waals surface area contributed by atoms with Crippen molar-refractivity contribution in [3.05, 3.63) is 48.6 Å². The Hall–Kier alpha value is -2.18. The van der Waals surface area contributed by atoms with Gasteiger partial charge in [0.05, 0.1) is 25.4 Å². The Bertz CT molecular complexity index is 1290. The van der Waals surface area contributed by atoms with E-state index >= 15 is 0 Å². The predicted octanol–water partition coefficient (Wildman–Crippen LogP) is 22.1. The first kappa shape index (κ1) is 74.8. The van der Waals surface area contributed by atoms with E-state index in [0.29, 0.717) is 19.4 Å². The average molecular weight is 1080 g/mol. The fraction of sp³-hybridized carbons (Fsp3) is 0.859. The van der Waals surface area contributed by atoms with Crippen LogP contribution in [-0.4, -0.2) is 47.4 Å². The van der Waals surface area contributed by atoms with Gasteiger partial charge in [-0.05, 0) is 89.9 Å². The molecule has 452 valence electrons. The standard InChI is InChI=1S/C71H133NO5/c1-3-5-7-9-11-13-15-17-18-19-34-37-41-45-49-53-57-61-65-71(76)77-66-62-58-54-50-46-42-38-35-32-30-28-26-24-22-20-21-23-25-27-29-31-33-36-40-44-48-52-56-60-64-70(75)72-68(67-73)69(74)63-59-55-51-47-43-39-16-14-12-10-8-6-4-2/h18-20,22,26,28,59,63,68-69,73-74H,3-17,21,23-25,27,29-58,60-62,64-67H2,1-2H3,(H,72,75)/b19-18-,22-20-,28-26-,63-59+. The SMILES string of the molecule is CCCCCCCCC/C=C\CCCCCCCCCC(=O)OCCCCCCCCCCC/C=C\C/C=C\CCCCCCCCCCCCCCCC(=O)NC(CO)C(O)/C=C/CCCCCCCCCCCCC. The van der Waals surface area contributed by atoms with Crippen LogP contribution in [0.5, 0.6) is 0 Å². The minimum absolute atomic E-state index is 0.00880. The second kappa shape index (κ2) is 66.3. The molecule has 0 aromatic carbocycles. The van der Waals surface area contributed by atoms with Gasteiger partial charge in [0.25, 0.3) is 0 Å². The molecule has 0 aliphatic carbocycles. The first-order valence-corrected chi connectivity index (χ1v) is 34.4. The van der Waals surface area contributed by atoms with Crippen molar-refractivity contribution in [1.29, 1.82) is 0 Å². The van der Waals surface area contributed by atoms with Crippen LogP contribution in [0.1, 0.15) is 367 Å². The van der Waals surface area contributed by atoms with Gasteiger partial charge in [-0.25, -0.2) is 0 Å². The van der Waals surface area contributed by atoms with E-state index < -0.39 is 12.1 Å². The van der Waals surface area contributed by atoms with Crippen molar-refractivity contribution in [2.45, 2.75) is 379 Å². The van der Waals surface area contributed by atoms with Gasteiger partial charge < -0.3 is 20.3 Å². The van der Waals surface area contributed by atoms with Gasteiger partial charge in [-0.15, -0.1) is 0 Å². The van der Waals surface area contributed by atoms with Crippen LogP contribution in [0.3, 0.4) is 0 Å². The number of ether oxygens (including phenoxy) is 1. The van der Waals surface area contributed by atoms with Crippen LogP contribution >= 0.6 is 0 Å². The van der Waals surface area contributed by atoms with Crippen LogP contribution in [0.25, 0.3) is 0 Å². The molecule has 2 atom stereocenters. The van der Waals surface area contributed by atoms with Gasteiger partial charge in [0, 0.05) is 12.8 Å². The summed E-state index contributed by atoms with van der Waals surface area (Å²) in [4.78, 5) is 24.6. The number of carbonyl (C=O) groups excluding carboxylic acids is 2. The quantitative estimate of drug-likeness (QED) is 0.0320. The Kier molecular flexibility index (Phi) is 64.5. The fourth-order valence-corrected chi connectivity index (χ4v) is 10.5. The molecule has 0 spiro atoms. The summed E-state index contributed by atoms with van der Waals surface area (Å²) in [6.07, 6.45) is 86.1. The third-order valence-electron chi connectivity index (χ3n) is 15.8. The van der Waals surface area contributed by atoms with Crippen LogP contribution in [0.2, 0.25) is 0 Å². The van der Waals surface area contributed by atoms with Crippen molar-refractivity contribution in [3.8, 4) is 0 Å². The molecule has 0 rings (SSSR count). The zero-order chi connectivity index (χ0) is 55.7.